The maximum absolute atomic E-state index is 11.7. The van der Waals surface area contributed by atoms with E-state index in [1.54, 1.807) is 6.92 Å². The molecule has 0 atom stereocenters. The van der Waals surface area contributed by atoms with Gasteiger partial charge in [0.15, 0.2) is 5.75 Å². The summed E-state index contributed by atoms with van der Waals surface area (Å²) < 4.78 is 14.6. The van der Waals surface area contributed by atoms with Gasteiger partial charge in [-0.25, -0.2) is 14.4 Å². The third kappa shape index (κ3) is 6.55. The topological polar surface area (TPSA) is 111 Å². The number of carbonyl (C=O) groups is 3. The minimum Gasteiger partial charge on any atom is -0.478 e. The molecule has 0 spiro atoms. The number of carbonyl (C=O) groups excluding carboxylic acids is 2. The smallest absolute Gasteiger partial charge is 0.478 e. The number of carboxylic acid groups (broad SMARTS) is 1. The molecule has 1 amide bonds. The van der Waals surface area contributed by atoms with Crippen LogP contribution >= 0.6 is 0 Å². The fraction of sp³-hybridized carbons (Fsp3) is 0.438. The van der Waals surface area contributed by atoms with Crippen molar-refractivity contribution in [3.8, 4) is 5.75 Å². The number of amides is 1. The molecule has 1 rings (SSSR count). The lowest BCUT2D eigenvalue weighted by molar-refractivity contribution is 0.0695. The summed E-state index contributed by atoms with van der Waals surface area (Å²) in [6, 6.07) is 3.70. The second-order valence-electron chi connectivity index (χ2n) is 4.77. The zero-order valence-electron chi connectivity index (χ0n) is 13.7. The highest BCUT2D eigenvalue weighted by atomic mass is 16.7. The third-order valence-electron chi connectivity index (χ3n) is 2.90. The Hall–Kier alpha value is -2.77. The summed E-state index contributed by atoms with van der Waals surface area (Å²) in [6.45, 7) is 3.99. The molecule has 0 aromatic heterocycles. The second kappa shape index (κ2) is 10.1. The molecular weight excluding hydrogens is 318 g/mol. The van der Waals surface area contributed by atoms with E-state index in [4.69, 9.17) is 14.6 Å². The number of ether oxygens (including phenoxy) is 3. The van der Waals surface area contributed by atoms with Gasteiger partial charge in [-0.1, -0.05) is 19.8 Å². The molecule has 1 aromatic rings. The van der Waals surface area contributed by atoms with Crippen LogP contribution in [0.15, 0.2) is 18.2 Å². The first-order valence-corrected chi connectivity index (χ1v) is 7.63. The number of nitrogens with one attached hydrogen (secondary N) is 1. The van der Waals surface area contributed by atoms with Crippen LogP contribution in [0.5, 0.6) is 5.75 Å². The SMILES string of the molecule is CCCCCOC(=O)Nc1ccc(C(=O)O)cc1OC(=O)OCC. The van der Waals surface area contributed by atoms with Crippen molar-refractivity contribution < 1.29 is 33.7 Å². The number of carboxylic acids is 1. The number of anilines is 1. The van der Waals surface area contributed by atoms with Crippen molar-refractivity contribution in [2.45, 2.75) is 33.1 Å². The van der Waals surface area contributed by atoms with Crippen LogP contribution in [0.1, 0.15) is 43.5 Å². The fourth-order valence-electron chi connectivity index (χ4n) is 1.74. The first kappa shape index (κ1) is 19.3. The standard InChI is InChI=1S/C16H21NO7/c1-3-5-6-9-23-15(20)17-12-8-7-11(14(18)19)10-13(12)24-16(21)22-4-2/h7-8,10H,3-6,9H2,1-2H3,(H,17,20)(H,18,19). The number of unbranched alkanes of at least 4 members (excludes halogenated alkanes) is 2. The summed E-state index contributed by atoms with van der Waals surface area (Å²) in [5, 5.41) is 11.4. The summed E-state index contributed by atoms with van der Waals surface area (Å²) >= 11 is 0. The lowest BCUT2D eigenvalue weighted by Gasteiger charge is -2.12. The van der Waals surface area contributed by atoms with Gasteiger partial charge in [0.25, 0.3) is 0 Å². The van der Waals surface area contributed by atoms with E-state index in [-0.39, 0.29) is 30.2 Å². The maximum atomic E-state index is 11.7. The number of benzene rings is 1. The molecule has 8 heteroatoms. The van der Waals surface area contributed by atoms with Gasteiger partial charge in [0.1, 0.15) is 0 Å². The second-order valence-corrected chi connectivity index (χ2v) is 4.77. The molecular formula is C16H21NO7. The average molecular weight is 339 g/mol. The Morgan fingerprint density at radius 2 is 1.88 bits per heavy atom. The van der Waals surface area contributed by atoms with Crippen LogP contribution in [0.3, 0.4) is 0 Å². The van der Waals surface area contributed by atoms with E-state index in [9.17, 15) is 14.4 Å². The summed E-state index contributed by atoms with van der Waals surface area (Å²) in [5.74, 6) is -1.34. The van der Waals surface area contributed by atoms with Crippen LogP contribution < -0.4 is 10.1 Å². The Bertz CT molecular complexity index is 586. The average Bonchev–Trinajstić information content (AvgIpc) is 2.53. The highest BCUT2D eigenvalue weighted by molar-refractivity contribution is 5.92. The van der Waals surface area contributed by atoms with E-state index in [2.05, 4.69) is 10.1 Å². The Labute approximate surface area is 139 Å². The van der Waals surface area contributed by atoms with Gasteiger partial charge in [-0.3, -0.25) is 5.32 Å². The first-order chi connectivity index (χ1) is 11.5. The van der Waals surface area contributed by atoms with Crippen LogP contribution in [-0.2, 0) is 9.47 Å². The van der Waals surface area contributed by atoms with E-state index < -0.39 is 18.2 Å². The van der Waals surface area contributed by atoms with Gasteiger partial charge in [0.05, 0.1) is 24.5 Å². The van der Waals surface area contributed by atoms with Crippen molar-refractivity contribution in [3.63, 3.8) is 0 Å². The molecule has 0 fully saturated rings. The molecule has 0 unspecified atom stereocenters. The zero-order valence-corrected chi connectivity index (χ0v) is 13.7. The monoisotopic (exact) mass is 339 g/mol. The Morgan fingerprint density at radius 3 is 2.50 bits per heavy atom. The highest BCUT2D eigenvalue weighted by Crippen LogP contribution is 2.27. The molecule has 24 heavy (non-hydrogen) atoms. The number of rotatable bonds is 8. The first-order valence-electron chi connectivity index (χ1n) is 7.63. The van der Waals surface area contributed by atoms with E-state index >= 15 is 0 Å². The van der Waals surface area contributed by atoms with Crippen molar-refractivity contribution in [2.75, 3.05) is 18.5 Å². The van der Waals surface area contributed by atoms with Gasteiger partial charge >= 0.3 is 18.2 Å². The van der Waals surface area contributed by atoms with Crippen molar-refractivity contribution in [2.24, 2.45) is 0 Å². The van der Waals surface area contributed by atoms with E-state index in [0.29, 0.717) is 0 Å². The van der Waals surface area contributed by atoms with E-state index in [1.165, 1.54) is 12.1 Å². The lowest BCUT2D eigenvalue weighted by atomic mass is 10.2. The third-order valence-corrected chi connectivity index (χ3v) is 2.90. The van der Waals surface area contributed by atoms with Crippen LogP contribution in [0.25, 0.3) is 0 Å². The predicted molar refractivity (Wildman–Crippen MR) is 85.5 cm³/mol. The molecule has 1 aromatic carbocycles. The summed E-state index contributed by atoms with van der Waals surface area (Å²) in [6.07, 6.45) is 0.965. The minimum absolute atomic E-state index is 0.0969. The molecule has 0 aliphatic rings. The molecule has 0 aliphatic carbocycles. The largest absolute Gasteiger partial charge is 0.513 e. The summed E-state index contributed by atoms with van der Waals surface area (Å²) in [5.41, 5.74) is 0.00436. The Morgan fingerprint density at radius 1 is 1.12 bits per heavy atom. The number of aromatic carboxylic acids is 1. The molecule has 0 saturated carbocycles. The van der Waals surface area contributed by atoms with Crippen LogP contribution in [-0.4, -0.2) is 36.5 Å². The van der Waals surface area contributed by atoms with Crippen molar-refractivity contribution in [3.05, 3.63) is 23.8 Å². The highest BCUT2D eigenvalue weighted by Gasteiger charge is 2.16. The van der Waals surface area contributed by atoms with Gasteiger partial charge in [0, 0.05) is 0 Å². The minimum atomic E-state index is -1.20. The molecule has 0 heterocycles. The van der Waals surface area contributed by atoms with Crippen molar-refractivity contribution in [1.29, 1.82) is 0 Å². The van der Waals surface area contributed by atoms with Crippen LogP contribution in [0.2, 0.25) is 0 Å². The number of hydrogen-bond acceptors (Lipinski definition) is 6. The van der Waals surface area contributed by atoms with E-state index in [1.807, 2.05) is 6.92 Å². The molecule has 8 nitrogen and oxygen atoms in total. The molecule has 0 bridgehead atoms. The van der Waals surface area contributed by atoms with Gasteiger partial charge in [-0.15, -0.1) is 0 Å². The zero-order chi connectivity index (χ0) is 17.9. The van der Waals surface area contributed by atoms with Gasteiger partial charge in [-0.05, 0) is 31.5 Å². The molecule has 0 aliphatic heterocycles. The normalized spacial score (nSPS) is 9.92. The Balaban J connectivity index is 2.81. The molecule has 0 radical (unpaired) electrons. The fourth-order valence-corrected chi connectivity index (χ4v) is 1.74. The van der Waals surface area contributed by atoms with Crippen LogP contribution in [0.4, 0.5) is 15.3 Å². The predicted octanol–water partition coefficient (Wildman–Crippen LogP) is 3.66. The maximum Gasteiger partial charge on any atom is 0.513 e. The Kier molecular flexibility index (Phi) is 8.10. The van der Waals surface area contributed by atoms with Crippen molar-refractivity contribution >= 4 is 23.9 Å². The van der Waals surface area contributed by atoms with Gasteiger partial charge < -0.3 is 19.3 Å². The molecule has 132 valence electrons. The summed E-state index contributed by atoms with van der Waals surface area (Å²) in [7, 11) is 0. The quantitative estimate of drug-likeness (QED) is 0.422. The molecule has 2 N–H and O–H groups in total. The molecule has 0 saturated heterocycles. The van der Waals surface area contributed by atoms with Crippen molar-refractivity contribution in [1.82, 2.24) is 0 Å². The van der Waals surface area contributed by atoms with E-state index in [0.717, 1.165) is 25.3 Å². The lowest BCUT2D eigenvalue weighted by Crippen LogP contribution is -2.17. The number of hydrogen-bond donors (Lipinski definition) is 2. The summed E-state index contributed by atoms with van der Waals surface area (Å²) in [4.78, 5) is 34.2. The van der Waals surface area contributed by atoms with Crippen LogP contribution in [0, 0.1) is 0 Å². The van der Waals surface area contributed by atoms with Gasteiger partial charge in [0.2, 0.25) is 0 Å². The van der Waals surface area contributed by atoms with Gasteiger partial charge in [-0.2, -0.15) is 0 Å².